The van der Waals surface area contributed by atoms with Crippen molar-refractivity contribution in [1.29, 1.82) is 5.26 Å². The minimum Gasteiger partial charge on any atom is -0.466 e. The van der Waals surface area contributed by atoms with E-state index in [9.17, 15) is 9.59 Å². The standard InChI is InChI=1S/C12H10ClNO3/c1-2-17-11(16)5-10-8(6-14)3-4-9(7-15)12(10)13/h3-4,7H,2,5H2,1H3. The molecule has 0 aliphatic heterocycles. The molecule has 0 unspecified atom stereocenters. The first kappa shape index (κ1) is 13.2. The fraction of sp³-hybridized carbons (Fsp3) is 0.250. The van der Waals surface area contributed by atoms with Crippen LogP contribution in [-0.4, -0.2) is 18.9 Å². The van der Waals surface area contributed by atoms with Gasteiger partial charge in [-0.15, -0.1) is 0 Å². The Kier molecular flexibility index (Phi) is 4.68. The summed E-state index contributed by atoms with van der Waals surface area (Å²) in [5, 5.41) is 9.03. The van der Waals surface area contributed by atoms with Crippen LogP contribution in [-0.2, 0) is 16.0 Å². The van der Waals surface area contributed by atoms with E-state index in [0.717, 1.165) is 0 Å². The molecule has 1 rings (SSSR count). The second-order valence-electron chi connectivity index (χ2n) is 3.21. The van der Waals surface area contributed by atoms with Crippen molar-refractivity contribution in [2.75, 3.05) is 6.61 Å². The first-order valence-corrected chi connectivity index (χ1v) is 5.34. The zero-order valence-electron chi connectivity index (χ0n) is 9.20. The number of aldehydes is 1. The van der Waals surface area contributed by atoms with Gasteiger partial charge in [0.15, 0.2) is 6.29 Å². The van der Waals surface area contributed by atoms with Gasteiger partial charge in [0.1, 0.15) is 0 Å². The molecule has 4 nitrogen and oxygen atoms in total. The Morgan fingerprint density at radius 3 is 2.82 bits per heavy atom. The molecule has 0 heterocycles. The van der Waals surface area contributed by atoms with Crippen LogP contribution in [0.15, 0.2) is 12.1 Å². The molecule has 1 aromatic carbocycles. The summed E-state index contributed by atoms with van der Waals surface area (Å²) in [6, 6.07) is 4.84. The fourth-order valence-electron chi connectivity index (χ4n) is 1.36. The summed E-state index contributed by atoms with van der Waals surface area (Å²) >= 11 is 5.95. The van der Waals surface area contributed by atoms with E-state index in [1.807, 2.05) is 6.07 Å². The lowest BCUT2D eigenvalue weighted by Gasteiger charge is -2.08. The number of hydrogen-bond acceptors (Lipinski definition) is 4. The van der Waals surface area contributed by atoms with Gasteiger partial charge in [0, 0.05) is 11.1 Å². The Morgan fingerprint density at radius 1 is 1.59 bits per heavy atom. The van der Waals surface area contributed by atoms with E-state index >= 15 is 0 Å². The highest BCUT2D eigenvalue weighted by molar-refractivity contribution is 6.34. The van der Waals surface area contributed by atoms with Crippen molar-refractivity contribution in [3.8, 4) is 6.07 Å². The molecule has 17 heavy (non-hydrogen) atoms. The summed E-state index contributed by atoms with van der Waals surface area (Å²) in [4.78, 5) is 22.1. The van der Waals surface area contributed by atoms with Crippen LogP contribution in [0.2, 0.25) is 5.02 Å². The molecule has 0 aliphatic rings. The lowest BCUT2D eigenvalue weighted by molar-refractivity contribution is -0.142. The molecule has 0 radical (unpaired) electrons. The van der Waals surface area contributed by atoms with Gasteiger partial charge in [0.2, 0.25) is 0 Å². The van der Waals surface area contributed by atoms with Crippen LogP contribution < -0.4 is 0 Å². The maximum Gasteiger partial charge on any atom is 0.310 e. The number of halogens is 1. The number of esters is 1. The van der Waals surface area contributed by atoms with E-state index in [0.29, 0.717) is 11.8 Å². The summed E-state index contributed by atoms with van der Waals surface area (Å²) in [7, 11) is 0. The van der Waals surface area contributed by atoms with Gasteiger partial charge < -0.3 is 4.74 Å². The molecular weight excluding hydrogens is 242 g/mol. The molecule has 0 N–H and O–H groups in total. The zero-order valence-corrected chi connectivity index (χ0v) is 9.95. The molecule has 1 aromatic rings. The van der Waals surface area contributed by atoms with Gasteiger partial charge >= 0.3 is 5.97 Å². The zero-order chi connectivity index (χ0) is 12.8. The van der Waals surface area contributed by atoms with E-state index in [-0.39, 0.29) is 29.2 Å². The van der Waals surface area contributed by atoms with Crippen LogP contribution in [0.5, 0.6) is 0 Å². The Labute approximate surface area is 104 Å². The van der Waals surface area contributed by atoms with E-state index in [1.54, 1.807) is 6.92 Å². The van der Waals surface area contributed by atoms with E-state index in [2.05, 4.69) is 0 Å². The highest BCUT2D eigenvalue weighted by Crippen LogP contribution is 2.24. The summed E-state index contributed by atoms with van der Waals surface area (Å²) in [5.41, 5.74) is 0.857. The average molecular weight is 252 g/mol. The van der Waals surface area contributed by atoms with Gasteiger partial charge in [-0.3, -0.25) is 9.59 Å². The van der Waals surface area contributed by atoms with Crippen molar-refractivity contribution in [2.24, 2.45) is 0 Å². The topological polar surface area (TPSA) is 67.2 Å². The van der Waals surface area contributed by atoms with Crippen LogP contribution in [0.3, 0.4) is 0 Å². The number of nitriles is 1. The second kappa shape index (κ2) is 6.02. The average Bonchev–Trinajstić information content (AvgIpc) is 2.32. The predicted molar refractivity (Wildman–Crippen MR) is 61.9 cm³/mol. The predicted octanol–water partition coefficient (Wildman–Crippen LogP) is 2.13. The molecule has 0 fully saturated rings. The van der Waals surface area contributed by atoms with Gasteiger partial charge in [0.05, 0.1) is 29.7 Å². The third-order valence-corrected chi connectivity index (χ3v) is 2.59. The van der Waals surface area contributed by atoms with Crippen LogP contribution in [0.25, 0.3) is 0 Å². The van der Waals surface area contributed by atoms with Gasteiger partial charge in [-0.25, -0.2) is 0 Å². The Balaban J connectivity index is 3.15. The molecule has 0 spiro atoms. The molecule has 0 saturated carbocycles. The SMILES string of the molecule is CCOC(=O)Cc1c(C#N)ccc(C=O)c1Cl. The number of carbonyl (C=O) groups is 2. The molecule has 5 heteroatoms. The molecule has 88 valence electrons. The first-order valence-electron chi connectivity index (χ1n) is 4.96. The smallest absolute Gasteiger partial charge is 0.310 e. The molecule has 0 amide bonds. The van der Waals surface area contributed by atoms with Crippen LogP contribution in [0.4, 0.5) is 0 Å². The Bertz CT molecular complexity index is 491. The number of nitrogens with zero attached hydrogens (tertiary/aromatic N) is 1. The third-order valence-electron chi connectivity index (χ3n) is 2.15. The summed E-state index contributed by atoms with van der Waals surface area (Å²) in [5.74, 6) is -0.478. The highest BCUT2D eigenvalue weighted by atomic mass is 35.5. The van der Waals surface area contributed by atoms with Gasteiger partial charge in [-0.1, -0.05) is 11.6 Å². The molecule has 0 saturated heterocycles. The quantitative estimate of drug-likeness (QED) is 0.607. The lowest BCUT2D eigenvalue weighted by atomic mass is 10.0. The van der Waals surface area contributed by atoms with Gasteiger partial charge in [-0.05, 0) is 19.1 Å². The Morgan fingerprint density at radius 2 is 2.29 bits per heavy atom. The normalized spacial score (nSPS) is 9.47. The van der Waals surface area contributed by atoms with E-state index < -0.39 is 5.97 Å². The summed E-state index contributed by atoms with van der Waals surface area (Å²) in [6.07, 6.45) is 0.468. The second-order valence-corrected chi connectivity index (χ2v) is 3.58. The van der Waals surface area contributed by atoms with Crippen molar-refractivity contribution in [3.05, 3.63) is 33.8 Å². The minimum absolute atomic E-state index is 0.114. The molecule has 0 atom stereocenters. The fourth-order valence-corrected chi connectivity index (χ4v) is 1.64. The van der Waals surface area contributed by atoms with Crippen LogP contribution >= 0.6 is 11.6 Å². The Hall–Kier alpha value is -1.86. The van der Waals surface area contributed by atoms with Crippen molar-refractivity contribution in [3.63, 3.8) is 0 Å². The minimum atomic E-state index is -0.478. The highest BCUT2D eigenvalue weighted by Gasteiger charge is 2.15. The maximum absolute atomic E-state index is 11.4. The maximum atomic E-state index is 11.4. The summed E-state index contributed by atoms with van der Waals surface area (Å²) < 4.78 is 4.78. The summed E-state index contributed by atoms with van der Waals surface area (Å²) in [6.45, 7) is 1.94. The van der Waals surface area contributed by atoms with Crippen LogP contribution in [0.1, 0.15) is 28.4 Å². The lowest BCUT2D eigenvalue weighted by Crippen LogP contribution is -2.10. The van der Waals surface area contributed by atoms with Crippen molar-refractivity contribution >= 4 is 23.9 Å². The number of hydrogen-bond donors (Lipinski definition) is 0. The third kappa shape index (κ3) is 3.05. The van der Waals surface area contributed by atoms with Gasteiger partial charge in [-0.2, -0.15) is 5.26 Å². The first-order chi connectivity index (χ1) is 8.13. The molecule has 0 aromatic heterocycles. The number of benzene rings is 1. The molecular formula is C12H10ClNO3. The molecule has 0 bridgehead atoms. The van der Waals surface area contributed by atoms with Crippen molar-refractivity contribution < 1.29 is 14.3 Å². The van der Waals surface area contributed by atoms with E-state index in [1.165, 1.54) is 12.1 Å². The van der Waals surface area contributed by atoms with Gasteiger partial charge in [0.25, 0.3) is 0 Å². The monoisotopic (exact) mass is 251 g/mol. The number of ether oxygens (including phenoxy) is 1. The molecule has 0 aliphatic carbocycles. The largest absolute Gasteiger partial charge is 0.466 e. The van der Waals surface area contributed by atoms with Crippen LogP contribution in [0, 0.1) is 11.3 Å². The number of carbonyl (C=O) groups excluding carboxylic acids is 2. The van der Waals surface area contributed by atoms with E-state index in [4.69, 9.17) is 21.6 Å². The van der Waals surface area contributed by atoms with Crippen molar-refractivity contribution in [1.82, 2.24) is 0 Å². The number of rotatable bonds is 4. The van der Waals surface area contributed by atoms with Crippen molar-refractivity contribution in [2.45, 2.75) is 13.3 Å².